The summed E-state index contributed by atoms with van der Waals surface area (Å²) >= 11 is 3.08. The number of aryl methyl sites for hydroxylation is 1. The standard InChI is InChI=1S/C18H24N2O3S2/c1-9(2)23-14(21)8-24-11(4)16-19-17(22)15-12-6-5-10(3)7-13(12)25-18(15)20-16/h9-11H,5-8H2,1-4H3,(H,19,20,22). The second-order valence-corrected chi connectivity index (χ2v) is 9.39. The molecule has 0 radical (unpaired) electrons. The van der Waals surface area contributed by atoms with Crippen LogP contribution in [-0.2, 0) is 22.4 Å². The maximum absolute atomic E-state index is 12.6. The lowest BCUT2D eigenvalue weighted by molar-refractivity contribution is -0.144. The maximum atomic E-state index is 12.6. The van der Waals surface area contributed by atoms with Gasteiger partial charge in [-0.25, -0.2) is 4.98 Å². The molecule has 0 amide bonds. The molecule has 2 unspecified atom stereocenters. The van der Waals surface area contributed by atoms with E-state index in [0.717, 1.165) is 29.5 Å². The van der Waals surface area contributed by atoms with Gasteiger partial charge < -0.3 is 9.72 Å². The first-order valence-corrected chi connectivity index (χ1v) is 10.6. The fourth-order valence-electron chi connectivity index (χ4n) is 3.13. The first-order chi connectivity index (χ1) is 11.8. The molecule has 0 fully saturated rings. The monoisotopic (exact) mass is 380 g/mol. The van der Waals surface area contributed by atoms with Crippen LogP contribution in [0.3, 0.4) is 0 Å². The van der Waals surface area contributed by atoms with Crippen molar-refractivity contribution in [2.24, 2.45) is 5.92 Å². The van der Waals surface area contributed by atoms with Gasteiger partial charge in [-0.2, -0.15) is 0 Å². The van der Waals surface area contributed by atoms with E-state index in [2.05, 4.69) is 11.9 Å². The number of carbonyl (C=O) groups is 1. The van der Waals surface area contributed by atoms with E-state index >= 15 is 0 Å². The van der Waals surface area contributed by atoms with Gasteiger partial charge in [-0.15, -0.1) is 23.1 Å². The van der Waals surface area contributed by atoms with Crippen molar-refractivity contribution in [2.45, 2.75) is 58.3 Å². The summed E-state index contributed by atoms with van der Waals surface area (Å²) in [5.74, 6) is 1.31. The molecule has 2 aromatic rings. The fourth-order valence-corrected chi connectivity index (χ4v) is 5.24. The predicted octanol–water partition coefficient (Wildman–Crippen LogP) is 3.86. The van der Waals surface area contributed by atoms with Crippen molar-refractivity contribution in [1.82, 2.24) is 9.97 Å². The molecule has 0 aliphatic heterocycles. The molecule has 1 aliphatic rings. The Morgan fingerprint density at radius 1 is 1.44 bits per heavy atom. The normalized spacial score (nSPS) is 18.4. The lowest BCUT2D eigenvalue weighted by atomic mass is 9.89. The number of aromatic amines is 1. The Kier molecular flexibility index (Phi) is 5.53. The van der Waals surface area contributed by atoms with Crippen molar-refractivity contribution in [2.75, 3.05) is 5.75 Å². The summed E-state index contributed by atoms with van der Waals surface area (Å²) in [7, 11) is 0. The van der Waals surface area contributed by atoms with Gasteiger partial charge in [0.05, 0.1) is 22.5 Å². The smallest absolute Gasteiger partial charge is 0.316 e. The van der Waals surface area contributed by atoms with E-state index in [1.54, 1.807) is 11.3 Å². The van der Waals surface area contributed by atoms with E-state index in [1.807, 2.05) is 20.8 Å². The first kappa shape index (κ1) is 18.5. The van der Waals surface area contributed by atoms with Gasteiger partial charge in [0, 0.05) is 4.88 Å². The Hall–Kier alpha value is -1.34. The van der Waals surface area contributed by atoms with E-state index in [-0.39, 0.29) is 28.6 Å². The molecule has 2 aromatic heterocycles. The van der Waals surface area contributed by atoms with Gasteiger partial charge in [0.15, 0.2) is 0 Å². The summed E-state index contributed by atoms with van der Waals surface area (Å²) in [6.07, 6.45) is 3.02. The van der Waals surface area contributed by atoms with E-state index in [0.29, 0.717) is 11.7 Å². The molecule has 2 atom stereocenters. The van der Waals surface area contributed by atoms with Crippen molar-refractivity contribution in [3.8, 4) is 0 Å². The number of hydrogen-bond donors (Lipinski definition) is 1. The number of H-pyrrole nitrogens is 1. The summed E-state index contributed by atoms with van der Waals surface area (Å²) in [6.45, 7) is 7.87. The molecule has 0 aromatic carbocycles. The van der Waals surface area contributed by atoms with Crippen molar-refractivity contribution in [1.29, 1.82) is 0 Å². The first-order valence-electron chi connectivity index (χ1n) is 8.70. The van der Waals surface area contributed by atoms with Crippen molar-refractivity contribution in [3.05, 3.63) is 26.6 Å². The molecule has 2 heterocycles. The van der Waals surface area contributed by atoms with Crippen molar-refractivity contribution >= 4 is 39.3 Å². The van der Waals surface area contributed by atoms with Crippen LogP contribution in [-0.4, -0.2) is 27.8 Å². The Bertz CT molecular complexity index is 841. The number of thiophene rings is 1. The van der Waals surface area contributed by atoms with Crippen LogP contribution in [0.25, 0.3) is 10.2 Å². The van der Waals surface area contributed by atoms with Crippen LogP contribution in [0.15, 0.2) is 4.79 Å². The summed E-state index contributed by atoms with van der Waals surface area (Å²) in [4.78, 5) is 34.1. The number of rotatable bonds is 5. The quantitative estimate of drug-likeness (QED) is 0.798. The highest BCUT2D eigenvalue weighted by molar-refractivity contribution is 8.00. The van der Waals surface area contributed by atoms with Crippen molar-refractivity contribution in [3.63, 3.8) is 0 Å². The summed E-state index contributed by atoms with van der Waals surface area (Å²) in [5, 5.41) is 0.696. The number of nitrogens with one attached hydrogen (secondary N) is 1. The van der Waals surface area contributed by atoms with E-state index in [1.165, 1.54) is 22.2 Å². The lowest BCUT2D eigenvalue weighted by Crippen LogP contribution is -2.16. The summed E-state index contributed by atoms with van der Waals surface area (Å²) in [5.41, 5.74) is 1.14. The average Bonchev–Trinajstić information content (AvgIpc) is 2.89. The third-order valence-corrected chi connectivity index (χ3v) is 6.66. The van der Waals surface area contributed by atoms with Crippen molar-refractivity contribution < 1.29 is 9.53 Å². The molecule has 5 nitrogen and oxygen atoms in total. The molecule has 1 aliphatic carbocycles. The van der Waals surface area contributed by atoms with Crippen LogP contribution >= 0.6 is 23.1 Å². The number of nitrogens with zero attached hydrogens (tertiary/aromatic N) is 1. The van der Waals surface area contributed by atoms with Crippen LogP contribution in [0.2, 0.25) is 0 Å². The highest BCUT2D eigenvalue weighted by atomic mass is 32.2. The zero-order valence-corrected chi connectivity index (χ0v) is 16.7. The summed E-state index contributed by atoms with van der Waals surface area (Å²) in [6, 6.07) is 0. The Morgan fingerprint density at radius 3 is 2.92 bits per heavy atom. The molecular formula is C18H24N2O3S2. The third-order valence-electron chi connectivity index (χ3n) is 4.39. The van der Waals surface area contributed by atoms with E-state index in [9.17, 15) is 9.59 Å². The van der Waals surface area contributed by atoms with Gasteiger partial charge in [-0.05, 0) is 51.5 Å². The second kappa shape index (κ2) is 7.50. The molecule has 0 saturated heterocycles. The van der Waals surface area contributed by atoms with Gasteiger partial charge in [-0.3, -0.25) is 9.59 Å². The molecule has 0 saturated carbocycles. The minimum atomic E-state index is -0.240. The molecule has 0 spiro atoms. The average molecular weight is 381 g/mol. The SMILES string of the molecule is CC1CCc2c(sc3nc(C(C)SCC(=O)OC(C)C)[nH]c(=O)c23)C1. The van der Waals surface area contributed by atoms with Gasteiger partial charge in [0.1, 0.15) is 10.7 Å². The third kappa shape index (κ3) is 4.08. The van der Waals surface area contributed by atoms with Crippen LogP contribution in [0.1, 0.15) is 55.6 Å². The largest absolute Gasteiger partial charge is 0.462 e. The van der Waals surface area contributed by atoms with Gasteiger partial charge in [0.2, 0.25) is 0 Å². The van der Waals surface area contributed by atoms with E-state index in [4.69, 9.17) is 9.72 Å². The predicted molar refractivity (Wildman–Crippen MR) is 104 cm³/mol. The van der Waals surface area contributed by atoms with Gasteiger partial charge >= 0.3 is 5.97 Å². The highest BCUT2D eigenvalue weighted by Gasteiger charge is 2.24. The number of esters is 1. The number of carbonyl (C=O) groups excluding carboxylic acids is 1. The lowest BCUT2D eigenvalue weighted by Gasteiger charge is -2.17. The van der Waals surface area contributed by atoms with Gasteiger partial charge in [0.25, 0.3) is 5.56 Å². The minimum absolute atomic E-state index is 0.0516. The molecule has 1 N–H and O–H groups in total. The molecular weight excluding hydrogens is 356 g/mol. The number of fused-ring (bicyclic) bond motifs is 3. The fraction of sp³-hybridized carbons (Fsp3) is 0.611. The molecule has 136 valence electrons. The zero-order valence-electron chi connectivity index (χ0n) is 15.0. The van der Waals surface area contributed by atoms with Crippen LogP contribution < -0.4 is 5.56 Å². The Labute approximate surface area is 155 Å². The molecule has 7 heteroatoms. The zero-order chi connectivity index (χ0) is 18.1. The summed E-state index contributed by atoms with van der Waals surface area (Å²) < 4.78 is 5.15. The van der Waals surface area contributed by atoms with Crippen LogP contribution in [0, 0.1) is 5.92 Å². The van der Waals surface area contributed by atoms with E-state index < -0.39 is 0 Å². The number of ether oxygens (including phenoxy) is 1. The topological polar surface area (TPSA) is 72.0 Å². The number of aromatic nitrogens is 2. The second-order valence-electron chi connectivity index (χ2n) is 6.97. The number of thioether (sulfide) groups is 1. The Morgan fingerprint density at radius 2 is 2.20 bits per heavy atom. The Balaban J connectivity index is 1.81. The molecule has 3 rings (SSSR count). The van der Waals surface area contributed by atoms with Crippen LogP contribution in [0.5, 0.6) is 0 Å². The number of hydrogen-bond acceptors (Lipinski definition) is 6. The maximum Gasteiger partial charge on any atom is 0.316 e. The highest BCUT2D eigenvalue weighted by Crippen LogP contribution is 2.36. The van der Waals surface area contributed by atoms with Crippen LogP contribution in [0.4, 0.5) is 0 Å². The molecule has 25 heavy (non-hydrogen) atoms. The minimum Gasteiger partial charge on any atom is -0.462 e. The van der Waals surface area contributed by atoms with Gasteiger partial charge in [-0.1, -0.05) is 6.92 Å². The molecule has 0 bridgehead atoms.